The van der Waals surface area contributed by atoms with Gasteiger partial charge in [0.15, 0.2) is 5.96 Å². The van der Waals surface area contributed by atoms with Gasteiger partial charge >= 0.3 is 5.97 Å². The number of aliphatic imine (C=N–C) groups is 1. The van der Waals surface area contributed by atoms with Crippen LogP contribution in [0, 0.1) is 0 Å². The molecule has 1 aliphatic rings. The zero-order valence-electron chi connectivity index (χ0n) is 17.8. The number of rotatable bonds is 8. The molecule has 0 aliphatic carbocycles. The number of nitrogens with one attached hydrogen (secondary N) is 3. The monoisotopic (exact) mass is 444 g/mol. The molecular weight excluding hydrogens is 420 g/mol. The normalized spacial score (nSPS) is 13.4. The molecule has 4 N–H and O–H groups in total. The number of carbonyl (C=O) groups excluding carboxylic acids is 1. The number of amides is 1. The topological polar surface area (TPSA) is 112 Å². The number of ether oxygens (including phenoxy) is 1. The van der Waals surface area contributed by atoms with Crippen molar-refractivity contribution in [2.45, 2.75) is 12.5 Å². The summed E-state index contributed by atoms with van der Waals surface area (Å²) in [6.45, 7) is 1.52. The predicted octanol–water partition coefficient (Wildman–Crippen LogP) is 3.90. The van der Waals surface area contributed by atoms with E-state index in [1.54, 1.807) is 42.5 Å². The van der Waals surface area contributed by atoms with E-state index >= 15 is 0 Å². The predicted molar refractivity (Wildman–Crippen MR) is 127 cm³/mol. The first-order valence-corrected chi connectivity index (χ1v) is 10.6. The SMILES string of the molecule is O=C(O)CC(Oc1ccc(NC(=O)c2cccc(NC3=NCCN3)c2)cc1)c1ccccc1. The maximum atomic E-state index is 12.7. The summed E-state index contributed by atoms with van der Waals surface area (Å²) in [4.78, 5) is 28.2. The maximum Gasteiger partial charge on any atom is 0.307 e. The number of benzene rings is 3. The molecule has 1 aliphatic heterocycles. The highest BCUT2D eigenvalue weighted by molar-refractivity contribution is 6.05. The molecule has 3 aromatic carbocycles. The third-order valence-corrected chi connectivity index (χ3v) is 4.98. The first-order valence-electron chi connectivity index (χ1n) is 10.6. The van der Waals surface area contributed by atoms with Gasteiger partial charge in [-0.2, -0.15) is 0 Å². The van der Waals surface area contributed by atoms with Crippen molar-refractivity contribution in [2.24, 2.45) is 4.99 Å². The Morgan fingerprint density at radius 2 is 1.79 bits per heavy atom. The summed E-state index contributed by atoms with van der Waals surface area (Å²) in [5.41, 5.74) is 2.65. The van der Waals surface area contributed by atoms with Crippen LogP contribution in [0.3, 0.4) is 0 Å². The number of carbonyl (C=O) groups is 2. The molecule has 0 fully saturated rings. The number of hydrogen-bond acceptors (Lipinski definition) is 6. The number of anilines is 2. The molecule has 1 atom stereocenters. The highest BCUT2D eigenvalue weighted by Gasteiger charge is 2.17. The fourth-order valence-electron chi connectivity index (χ4n) is 3.39. The minimum Gasteiger partial charge on any atom is -0.485 e. The molecule has 0 saturated carbocycles. The quantitative estimate of drug-likeness (QED) is 0.419. The Kier molecular flexibility index (Phi) is 6.84. The molecule has 4 rings (SSSR count). The smallest absolute Gasteiger partial charge is 0.307 e. The van der Waals surface area contributed by atoms with E-state index in [0.717, 1.165) is 24.3 Å². The highest BCUT2D eigenvalue weighted by atomic mass is 16.5. The van der Waals surface area contributed by atoms with Gasteiger partial charge < -0.3 is 25.8 Å². The Balaban J connectivity index is 1.40. The molecule has 8 heteroatoms. The summed E-state index contributed by atoms with van der Waals surface area (Å²) in [6.07, 6.45) is -0.771. The minimum atomic E-state index is -0.944. The lowest BCUT2D eigenvalue weighted by Crippen LogP contribution is -2.26. The first-order chi connectivity index (χ1) is 16.1. The molecule has 0 aromatic heterocycles. The van der Waals surface area contributed by atoms with E-state index in [4.69, 9.17) is 4.74 Å². The van der Waals surface area contributed by atoms with E-state index in [-0.39, 0.29) is 12.3 Å². The van der Waals surface area contributed by atoms with Crippen LogP contribution < -0.4 is 20.7 Å². The Morgan fingerprint density at radius 3 is 2.48 bits per heavy atom. The van der Waals surface area contributed by atoms with Crippen molar-refractivity contribution in [1.29, 1.82) is 0 Å². The van der Waals surface area contributed by atoms with Crippen molar-refractivity contribution in [2.75, 3.05) is 23.7 Å². The molecule has 0 bridgehead atoms. The Bertz CT molecular complexity index is 1150. The van der Waals surface area contributed by atoms with E-state index in [2.05, 4.69) is 20.9 Å². The Morgan fingerprint density at radius 1 is 1.00 bits per heavy atom. The van der Waals surface area contributed by atoms with Gasteiger partial charge in [-0.05, 0) is 48.0 Å². The molecule has 1 unspecified atom stereocenters. The van der Waals surface area contributed by atoms with Crippen molar-refractivity contribution in [1.82, 2.24) is 5.32 Å². The molecule has 8 nitrogen and oxygen atoms in total. The molecule has 33 heavy (non-hydrogen) atoms. The lowest BCUT2D eigenvalue weighted by atomic mass is 10.1. The van der Waals surface area contributed by atoms with Crippen molar-refractivity contribution >= 4 is 29.2 Å². The largest absolute Gasteiger partial charge is 0.485 e. The van der Waals surface area contributed by atoms with Gasteiger partial charge in [-0.3, -0.25) is 14.6 Å². The molecule has 0 radical (unpaired) electrons. The van der Waals surface area contributed by atoms with E-state index in [1.165, 1.54) is 0 Å². The number of carboxylic acid groups (broad SMARTS) is 1. The Labute approximate surface area is 191 Å². The molecule has 1 amide bonds. The van der Waals surface area contributed by atoms with Crippen molar-refractivity contribution in [3.63, 3.8) is 0 Å². The number of guanidine groups is 1. The lowest BCUT2D eigenvalue weighted by Gasteiger charge is -2.18. The van der Waals surface area contributed by atoms with Gasteiger partial charge in [0.05, 0.1) is 13.0 Å². The minimum absolute atomic E-state index is 0.158. The second-order valence-electron chi connectivity index (χ2n) is 7.46. The molecule has 3 aromatic rings. The van der Waals surface area contributed by atoms with Crippen LogP contribution >= 0.6 is 0 Å². The van der Waals surface area contributed by atoms with Crippen LogP contribution in [-0.4, -0.2) is 36.0 Å². The van der Waals surface area contributed by atoms with Gasteiger partial charge in [0, 0.05) is 23.5 Å². The third kappa shape index (κ3) is 6.10. The maximum absolute atomic E-state index is 12.7. The van der Waals surface area contributed by atoms with Crippen molar-refractivity contribution < 1.29 is 19.4 Å². The average Bonchev–Trinajstić information content (AvgIpc) is 3.33. The summed E-state index contributed by atoms with van der Waals surface area (Å²) in [5.74, 6) is 0.0147. The fraction of sp³-hybridized carbons (Fsp3) is 0.160. The molecule has 168 valence electrons. The van der Waals surface area contributed by atoms with E-state index < -0.39 is 12.1 Å². The van der Waals surface area contributed by atoms with Crippen LogP contribution in [-0.2, 0) is 4.79 Å². The molecule has 0 spiro atoms. The lowest BCUT2D eigenvalue weighted by molar-refractivity contribution is -0.138. The summed E-state index contributed by atoms with van der Waals surface area (Å²) < 4.78 is 5.92. The Hall–Kier alpha value is -4.33. The second-order valence-corrected chi connectivity index (χ2v) is 7.46. The zero-order chi connectivity index (χ0) is 23.0. The van der Waals surface area contributed by atoms with Crippen LogP contribution in [0.2, 0.25) is 0 Å². The molecule has 1 heterocycles. The summed E-state index contributed by atoms with van der Waals surface area (Å²) in [5, 5.41) is 18.4. The van der Waals surface area contributed by atoms with Crippen LogP contribution in [0.5, 0.6) is 5.75 Å². The van der Waals surface area contributed by atoms with Crippen molar-refractivity contribution in [3.8, 4) is 5.75 Å². The number of hydrogen-bond donors (Lipinski definition) is 4. The number of carboxylic acids is 1. The van der Waals surface area contributed by atoms with Crippen molar-refractivity contribution in [3.05, 3.63) is 90.0 Å². The second kappa shape index (κ2) is 10.3. The van der Waals surface area contributed by atoms with Gasteiger partial charge in [0.25, 0.3) is 5.91 Å². The number of aliphatic carboxylic acids is 1. The first kappa shape index (κ1) is 21.9. The highest BCUT2D eigenvalue weighted by Crippen LogP contribution is 2.26. The van der Waals surface area contributed by atoms with Gasteiger partial charge in [-0.15, -0.1) is 0 Å². The molecule has 0 saturated heterocycles. The summed E-state index contributed by atoms with van der Waals surface area (Å²) in [6, 6.07) is 23.2. The zero-order valence-corrected chi connectivity index (χ0v) is 17.8. The van der Waals surface area contributed by atoms with Gasteiger partial charge in [0.2, 0.25) is 0 Å². The van der Waals surface area contributed by atoms with Gasteiger partial charge in [-0.25, -0.2) is 0 Å². The van der Waals surface area contributed by atoms with Gasteiger partial charge in [-0.1, -0.05) is 36.4 Å². The third-order valence-electron chi connectivity index (χ3n) is 4.98. The summed E-state index contributed by atoms with van der Waals surface area (Å²) in [7, 11) is 0. The van der Waals surface area contributed by atoms with Crippen LogP contribution in [0.4, 0.5) is 11.4 Å². The standard InChI is InChI=1S/C25H24N4O4/c30-23(31)16-22(17-5-2-1-3-6-17)33-21-11-9-19(10-12-21)28-24(32)18-7-4-8-20(15-18)29-25-26-13-14-27-25/h1-12,15,22H,13-14,16H2,(H,28,32)(H,30,31)(H2,26,27,29). The van der Waals surface area contributed by atoms with E-state index in [9.17, 15) is 14.7 Å². The summed E-state index contributed by atoms with van der Waals surface area (Å²) >= 11 is 0. The van der Waals surface area contributed by atoms with E-state index in [0.29, 0.717) is 23.0 Å². The van der Waals surface area contributed by atoms with Crippen LogP contribution in [0.15, 0.2) is 83.9 Å². The van der Waals surface area contributed by atoms with Crippen LogP contribution in [0.25, 0.3) is 0 Å². The average molecular weight is 444 g/mol. The van der Waals surface area contributed by atoms with E-state index in [1.807, 2.05) is 36.4 Å². The fourth-order valence-corrected chi connectivity index (χ4v) is 3.39. The van der Waals surface area contributed by atoms with Crippen LogP contribution in [0.1, 0.15) is 28.4 Å². The molecular formula is C25H24N4O4. The number of nitrogens with zero attached hydrogens (tertiary/aromatic N) is 1. The van der Waals surface area contributed by atoms with Gasteiger partial charge in [0.1, 0.15) is 11.9 Å².